The zero-order valence-electron chi connectivity index (χ0n) is 17.7. The van der Waals surface area contributed by atoms with Gasteiger partial charge in [-0.1, -0.05) is 42.5 Å². The maximum atomic E-state index is 12.7. The van der Waals surface area contributed by atoms with E-state index in [-0.39, 0.29) is 11.9 Å². The van der Waals surface area contributed by atoms with Gasteiger partial charge in [0.2, 0.25) is 15.9 Å². The second-order valence-electron chi connectivity index (χ2n) is 7.68. The number of hydrogen-bond donors (Lipinski definition) is 1. The van der Waals surface area contributed by atoms with Gasteiger partial charge in [-0.2, -0.15) is 4.31 Å². The Hall–Kier alpha value is -2.48. The van der Waals surface area contributed by atoms with E-state index < -0.39 is 10.0 Å². The molecule has 2 aromatic rings. The molecule has 7 heteroatoms. The minimum absolute atomic E-state index is 0.0796. The molecule has 0 spiro atoms. The van der Waals surface area contributed by atoms with Crippen LogP contribution in [0, 0.1) is 13.8 Å². The lowest BCUT2D eigenvalue weighted by molar-refractivity contribution is -0.121. The van der Waals surface area contributed by atoms with Gasteiger partial charge >= 0.3 is 0 Å². The molecule has 1 heterocycles. The minimum Gasteiger partial charge on any atom is -0.324 e. The van der Waals surface area contributed by atoms with Crippen LogP contribution in [0.5, 0.6) is 0 Å². The highest BCUT2D eigenvalue weighted by molar-refractivity contribution is 7.92. The van der Waals surface area contributed by atoms with Gasteiger partial charge in [0, 0.05) is 37.3 Å². The molecule has 1 aliphatic rings. The Morgan fingerprint density at radius 3 is 2.37 bits per heavy atom. The zero-order chi connectivity index (χ0) is 21.7. The van der Waals surface area contributed by atoms with E-state index in [2.05, 4.69) is 5.32 Å². The van der Waals surface area contributed by atoms with Gasteiger partial charge in [0.15, 0.2) is 0 Å². The molecule has 0 unspecified atom stereocenters. The third-order valence-corrected chi connectivity index (χ3v) is 7.01. The molecule has 0 saturated carbocycles. The van der Waals surface area contributed by atoms with Crippen molar-refractivity contribution in [3.8, 4) is 0 Å². The van der Waals surface area contributed by atoms with E-state index in [4.69, 9.17) is 0 Å². The third-order valence-electron chi connectivity index (χ3n) is 5.44. The van der Waals surface area contributed by atoms with Crippen molar-refractivity contribution in [1.29, 1.82) is 0 Å². The molecule has 30 heavy (non-hydrogen) atoms. The summed E-state index contributed by atoms with van der Waals surface area (Å²) in [5.41, 5.74) is 3.77. The number of piperazine rings is 1. The monoisotopic (exact) mass is 427 g/mol. The number of nitrogens with zero attached hydrogens (tertiary/aromatic N) is 2. The summed E-state index contributed by atoms with van der Waals surface area (Å²) in [5, 5.41) is 4.26. The number of hydrogen-bond acceptors (Lipinski definition) is 4. The maximum absolute atomic E-state index is 12.7. The average molecular weight is 428 g/mol. The van der Waals surface area contributed by atoms with E-state index in [1.807, 2.05) is 74.2 Å². The molecule has 0 aromatic heterocycles. The molecule has 1 atom stereocenters. The Morgan fingerprint density at radius 1 is 1.03 bits per heavy atom. The molecule has 1 N–H and O–H groups in total. The molecule has 0 radical (unpaired) electrons. The third kappa shape index (κ3) is 5.56. The lowest BCUT2D eigenvalue weighted by Gasteiger charge is -2.36. The molecule has 0 aliphatic carbocycles. The van der Waals surface area contributed by atoms with Gasteiger partial charge in [0.05, 0.1) is 6.04 Å². The van der Waals surface area contributed by atoms with E-state index in [1.165, 1.54) is 9.71 Å². The van der Waals surface area contributed by atoms with Crippen molar-refractivity contribution >= 4 is 27.7 Å². The van der Waals surface area contributed by atoms with Crippen LogP contribution in [0.15, 0.2) is 53.9 Å². The van der Waals surface area contributed by atoms with Crippen LogP contribution >= 0.6 is 0 Å². The SMILES string of the molecule is Cc1ccc(C)c(NC(=O)[C@@H](C)N2CCN(S(=O)(=O)/C=C/c3ccccc3)CC2)c1. The maximum Gasteiger partial charge on any atom is 0.241 e. The number of aryl methyl sites for hydroxylation is 2. The van der Waals surface area contributed by atoms with Crippen molar-refractivity contribution in [2.45, 2.75) is 26.8 Å². The van der Waals surface area contributed by atoms with Crippen LogP contribution in [0.4, 0.5) is 5.69 Å². The highest BCUT2D eigenvalue weighted by Gasteiger charge is 2.29. The van der Waals surface area contributed by atoms with Crippen LogP contribution in [0.25, 0.3) is 6.08 Å². The van der Waals surface area contributed by atoms with Crippen LogP contribution < -0.4 is 5.32 Å². The minimum atomic E-state index is -3.48. The second kappa shape index (κ2) is 9.55. The number of sulfonamides is 1. The van der Waals surface area contributed by atoms with Gasteiger partial charge in [-0.15, -0.1) is 0 Å². The molecule has 3 rings (SSSR count). The average Bonchev–Trinajstić information content (AvgIpc) is 2.75. The van der Waals surface area contributed by atoms with Crippen molar-refractivity contribution in [2.75, 3.05) is 31.5 Å². The number of carbonyl (C=O) groups excluding carboxylic acids is 1. The van der Waals surface area contributed by atoms with Crippen LogP contribution in [-0.2, 0) is 14.8 Å². The number of carbonyl (C=O) groups is 1. The molecule has 1 saturated heterocycles. The van der Waals surface area contributed by atoms with Gasteiger partial charge in [0.1, 0.15) is 0 Å². The van der Waals surface area contributed by atoms with Crippen molar-refractivity contribution in [3.63, 3.8) is 0 Å². The predicted molar refractivity (Wildman–Crippen MR) is 122 cm³/mol. The van der Waals surface area contributed by atoms with Gasteiger partial charge in [-0.3, -0.25) is 9.69 Å². The first-order valence-corrected chi connectivity index (χ1v) is 11.6. The number of amides is 1. The van der Waals surface area contributed by atoms with E-state index in [1.54, 1.807) is 6.08 Å². The summed E-state index contributed by atoms with van der Waals surface area (Å²) in [6.07, 6.45) is 1.61. The lowest BCUT2D eigenvalue weighted by Crippen LogP contribution is -2.53. The Kier molecular flexibility index (Phi) is 7.07. The summed E-state index contributed by atoms with van der Waals surface area (Å²) in [4.78, 5) is 14.7. The zero-order valence-corrected chi connectivity index (χ0v) is 18.5. The van der Waals surface area contributed by atoms with Gasteiger partial charge < -0.3 is 5.32 Å². The highest BCUT2D eigenvalue weighted by Crippen LogP contribution is 2.18. The molecule has 6 nitrogen and oxygen atoms in total. The Balaban J connectivity index is 1.57. The van der Waals surface area contributed by atoms with Crippen molar-refractivity contribution in [1.82, 2.24) is 9.21 Å². The smallest absolute Gasteiger partial charge is 0.241 e. The Bertz CT molecular complexity index is 1010. The van der Waals surface area contributed by atoms with Gasteiger partial charge in [-0.25, -0.2) is 8.42 Å². The van der Waals surface area contributed by atoms with Crippen molar-refractivity contribution in [3.05, 3.63) is 70.6 Å². The molecular formula is C23H29N3O3S. The van der Waals surface area contributed by atoms with Crippen molar-refractivity contribution < 1.29 is 13.2 Å². The summed E-state index contributed by atoms with van der Waals surface area (Å²) >= 11 is 0. The summed E-state index contributed by atoms with van der Waals surface area (Å²) in [5.74, 6) is -0.0796. The molecule has 2 aromatic carbocycles. The molecule has 1 fully saturated rings. The molecule has 160 valence electrons. The van der Waals surface area contributed by atoms with Crippen LogP contribution in [0.2, 0.25) is 0 Å². The highest BCUT2D eigenvalue weighted by atomic mass is 32.2. The number of nitrogens with one attached hydrogen (secondary N) is 1. The van der Waals surface area contributed by atoms with E-state index in [9.17, 15) is 13.2 Å². The fourth-order valence-corrected chi connectivity index (χ4v) is 4.61. The standard InChI is InChI=1S/C23H29N3O3S/c1-18-9-10-19(2)22(17-18)24-23(27)20(3)25-12-14-26(15-13-25)30(28,29)16-11-21-7-5-4-6-8-21/h4-11,16-17,20H,12-15H2,1-3H3,(H,24,27)/b16-11+/t20-/m1/s1. The summed E-state index contributed by atoms with van der Waals surface area (Å²) in [7, 11) is -3.48. The largest absolute Gasteiger partial charge is 0.324 e. The number of anilines is 1. The van der Waals surface area contributed by atoms with Crippen LogP contribution in [-0.4, -0.2) is 55.8 Å². The van der Waals surface area contributed by atoms with Crippen LogP contribution in [0.1, 0.15) is 23.6 Å². The number of rotatable bonds is 6. The first-order valence-electron chi connectivity index (χ1n) is 10.1. The summed E-state index contributed by atoms with van der Waals surface area (Å²) < 4.78 is 26.7. The van der Waals surface area contributed by atoms with E-state index in [0.717, 1.165) is 22.4 Å². The number of benzene rings is 2. The van der Waals surface area contributed by atoms with Gasteiger partial charge in [-0.05, 0) is 49.6 Å². The van der Waals surface area contributed by atoms with E-state index >= 15 is 0 Å². The first-order chi connectivity index (χ1) is 14.3. The van der Waals surface area contributed by atoms with Crippen LogP contribution in [0.3, 0.4) is 0 Å². The molecule has 0 bridgehead atoms. The second-order valence-corrected chi connectivity index (χ2v) is 9.50. The molecule has 1 aliphatic heterocycles. The fourth-order valence-electron chi connectivity index (χ4n) is 3.43. The summed E-state index contributed by atoms with van der Waals surface area (Å²) in [6.45, 7) is 7.57. The predicted octanol–water partition coefficient (Wildman–Crippen LogP) is 3.25. The first kappa shape index (κ1) is 22.2. The fraction of sp³-hybridized carbons (Fsp3) is 0.348. The van der Waals surface area contributed by atoms with Gasteiger partial charge in [0.25, 0.3) is 0 Å². The molecule has 1 amide bonds. The van der Waals surface area contributed by atoms with Crippen molar-refractivity contribution in [2.24, 2.45) is 0 Å². The lowest BCUT2D eigenvalue weighted by atomic mass is 10.1. The Labute approximate surface area is 179 Å². The topological polar surface area (TPSA) is 69.7 Å². The summed E-state index contributed by atoms with van der Waals surface area (Å²) in [6, 6.07) is 15.0. The quantitative estimate of drug-likeness (QED) is 0.768. The normalized spacial score (nSPS) is 17.2. The Morgan fingerprint density at radius 2 is 1.70 bits per heavy atom. The molecular weight excluding hydrogens is 398 g/mol. The van der Waals surface area contributed by atoms with E-state index in [0.29, 0.717) is 26.2 Å².